The molecular formula is C17H14Cl2FN7OS. The van der Waals surface area contributed by atoms with E-state index in [0.29, 0.717) is 26.5 Å². The lowest BCUT2D eigenvalue weighted by molar-refractivity contribution is -0.113. The summed E-state index contributed by atoms with van der Waals surface area (Å²) >= 11 is 12.9. The molecule has 0 fully saturated rings. The van der Waals surface area contributed by atoms with Crippen LogP contribution in [0.3, 0.4) is 0 Å². The van der Waals surface area contributed by atoms with E-state index < -0.39 is 0 Å². The number of hydrazone groups is 1. The Kier molecular flexibility index (Phi) is 6.91. The quantitative estimate of drug-likeness (QED) is 0.218. The molecule has 0 saturated heterocycles. The predicted molar refractivity (Wildman–Crippen MR) is 114 cm³/mol. The maximum absolute atomic E-state index is 12.9. The van der Waals surface area contributed by atoms with Crippen molar-refractivity contribution < 1.29 is 9.18 Å². The molecule has 0 saturated carbocycles. The first kappa shape index (κ1) is 20.9. The lowest BCUT2D eigenvalue weighted by Crippen LogP contribution is -2.16. The van der Waals surface area contributed by atoms with Crippen LogP contribution in [0.15, 0.2) is 52.7 Å². The van der Waals surface area contributed by atoms with Crippen molar-refractivity contribution in [2.45, 2.75) is 5.16 Å². The Morgan fingerprint density at radius 1 is 1.21 bits per heavy atom. The van der Waals surface area contributed by atoms with Crippen molar-refractivity contribution >= 4 is 58.7 Å². The van der Waals surface area contributed by atoms with Crippen LogP contribution in [0.1, 0.15) is 5.56 Å². The van der Waals surface area contributed by atoms with Crippen molar-refractivity contribution in [3.05, 3.63) is 63.9 Å². The molecule has 2 aromatic carbocycles. The first-order valence-corrected chi connectivity index (χ1v) is 9.79. The summed E-state index contributed by atoms with van der Waals surface area (Å²) in [4.78, 5) is 12.1. The smallest absolute Gasteiger partial charge is 0.264 e. The molecule has 1 aromatic heterocycles. The molecule has 0 unspecified atom stereocenters. The molecule has 29 heavy (non-hydrogen) atoms. The zero-order chi connectivity index (χ0) is 20.8. The van der Waals surface area contributed by atoms with Crippen LogP contribution < -0.4 is 16.6 Å². The molecule has 8 nitrogen and oxygen atoms in total. The molecule has 0 aliphatic carbocycles. The van der Waals surface area contributed by atoms with E-state index in [9.17, 15) is 9.18 Å². The summed E-state index contributed by atoms with van der Waals surface area (Å²) in [5.41, 5.74) is 3.81. The highest BCUT2D eigenvalue weighted by molar-refractivity contribution is 7.99. The van der Waals surface area contributed by atoms with Crippen molar-refractivity contribution in [2.24, 2.45) is 5.10 Å². The second kappa shape index (κ2) is 9.59. The number of nitrogens with two attached hydrogens (primary N) is 1. The van der Waals surface area contributed by atoms with Crippen molar-refractivity contribution in [1.82, 2.24) is 14.9 Å². The minimum absolute atomic E-state index is 0.0400. The SMILES string of the molecule is Nn1c(N/N=C/c2ccc(F)cc2)nnc1SCC(=O)Nc1cc(Cl)cc(Cl)c1. The number of rotatable bonds is 7. The fraction of sp³-hybridized carbons (Fsp3) is 0.0588. The van der Waals surface area contributed by atoms with E-state index in [1.54, 1.807) is 30.3 Å². The van der Waals surface area contributed by atoms with E-state index in [1.165, 1.54) is 18.3 Å². The Morgan fingerprint density at radius 2 is 1.90 bits per heavy atom. The molecule has 0 aliphatic heterocycles. The molecule has 3 aromatic rings. The standard InChI is InChI=1S/C17H14Cl2FN7OS/c18-11-5-12(19)7-14(6-11)23-15(28)9-29-17-26-25-16(27(17)21)24-22-8-10-1-3-13(20)4-2-10/h1-8H,9,21H2,(H,23,28)(H,24,25)/b22-8+. The first-order chi connectivity index (χ1) is 13.9. The number of nitrogen functional groups attached to an aromatic ring is 1. The summed E-state index contributed by atoms with van der Waals surface area (Å²) in [6.45, 7) is 0. The Hall–Kier alpha value is -2.82. The highest BCUT2D eigenvalue weighted by Gasteiger charge is 2.12. The van der Waals surface area contributed by atoms with Gasteiger partial charge in [0.05, 0.1) is 12.0 Å². The van der Waals surface area contributed by atoms with E-state index >= 15 is 0 Å². The maximum atomic E-state index is 12.9. The molecular weight excluding hydrogens is 440 g/mol. The van der Waals surface area contributed by atoms with Crippen LogP contribution in [0, 0.1) is 5.82 Å². The number of halogens is 3. The molecule has 12 heteroatoms. The fourth-order valence-corrected chi connectivity index (χ4v) is 3.30. The third-order valence-electron chi connectivity index (χ3n) is 3.39. The molecule has 0 radical (unpaired) electrons. The van der Waals surface area contributed by atoms with E-state index in [1.807, 2.05) is 0 Å². The number of hydrogen-bond donors (Lipinski definition) is 3. The second-order valence-corrected chi connectivity index (χ2v) is 7.41. The number of carbonyl (C=O) groups excluding carboxylic acids is 1. The summed E-state index contributed by atoms with van der Waals surface area (Å²) in [5, 5.41) is 15.6. The summed E-state index contributed by atoms with van der Waals surface area (Å²) in [5.74, 6) is 5.49. The van der Waals surface area contributed by atoms with Gasteiger partial charge in [0.15, 0.2) is 0 Å². The van der Waals surface area contributed by atoms with Crippen LogP contribution in [0.2, 0.25) is 10.0 Å². The van der Waals surface area contributed by atoms with Crippen molar-refractivity contribution in [2.75, 3.05) is 22.3 Å². The highest BCUT2D eigenvalue weighted by Crippen LogP contribution is 2.23. The molecule has 150 valence electrons. The Bertz CT molecular complexity index is 1020. The highest BCUT2D eigenvalue weighted by atomic mass is 35.5. The van der Waals surface area contributed by atoms with Gasteiger partial charge >= 0.3 is 0 Å². The topological polar surface area (TPSA) is 110 Å². The van der Waals surface area contributed by atoms with Crippen LogP contribution >= 0.6 is 35.0 Å². The number of hydrogen-bond acceptors (Lipinski definition) is 7. The third-order valence-corrected chi connectivity index (χ3v) is 4.77. The minimum atomic E-state index is -0.332. The van der Waals surface area contributed by atoms with Gasteiger partial charge in [-0.2, -0.15) is 5.10 Å². The molecule has 0 aliphatic rings. The predicted octanol–water partition coefficient (Wildman–Crippen LogP) is 3.61. The number of benzene rings is 2. The van der Waals surface area contributed by atoms with Gasteiger partial charge < -0.3 is 11.2 Å². The van der Waals surface area contributed by atoms with Gasteiger partial charge in [0, 0.05) is 15.7 Å². The average Bonchev–Trinajstić information content (AvgIpc) is 3.01. The number of thioether (sulfide) groups is 1. The van der Waals surface area contributed by atoms with Crippen LogP contribution in [-0.4, -0.2) is 32.7 Å². The lowest BCUT2D eigenvalue weighted by atomic mass is 10.2. The van der Waals surface area contributed by atoms with E-state index in [-0.39, 0.29) is 23.4 Å². The largest absolute Gasteiger partial charge is 0.334 e. The number of amides is 1. The Labute approximate surface area is 179 Å². The Morgan fingerprint density at radius 3 is 2.59 bits per heavy atom. The zero-order valence-electron chi connectivity index (χ0n) is 14.6. The molecule has 3 rings (SSSR count). The molecule has 0 bridgehead atoms. The molecule has 4 N–H and O–H groups in total. The van der Waals surface area contributed by atoms with Gasteiger partial charge in [-0.05, 0) is 35.9 Å². The summed E-state index contributed by atoms with van der Waals surface area (Å²) in [7, 11) is 0. The van der Waals surface area contributed by atoms with E-state index in [0.717, 1.165) is 16.4 Å². The number of nitrogens with zero attached hydrogens (tertiary/aromatic N) is 4. The number of nitrogens with one attached hydrogen (secondary N) is 2. The fourth-order valence-electron chi connectivity index (χ4n) is 2.12. The number of anilines is 2. The molecule has 0 spiro atoms. The molecule has 1 heterocycles. The van der Waals surface area contributed by atoms with Crippen molar-refractivity contribution in [3.8, 4) is 0 Å². The summed E-state index contributed by atoms with van der Waals surface area (Å²) < 4.78 is 14.0. The van der Waals surface area contributed by atoms with Crippen molar-refractivity contribution in [3.63, 3.8) is 0 Å². The minimum Gasteiger partial charge on any atom is -0.334 e. The summed E-state index contributed by atoms with van der Waals surface area (Å²) in [6.07, 6.45) is 1.48. The van der Waals surface area contributed by atoms with Crippen LogP contribution in [0.25, 0.3) is 0 Å². The van der Waals surface area contributed by atoms with Gasteiger partial charge in [-0.15, -0.1) is 10.2 Å². The average molecular weight is 454 g/mol. The molecule has 0 atom stereocenters. The normalized spacial score (nSPS) is 11.0. The maximum Gasteiger partial charge on any atom is 0.264 e. The third kappa shape index (κ3) is 6.08. The van der Waals surface area contributed by atoms with Crippen molar-refractivity contribution in [1.29, 1.82) is 0 Å². The van der Waals surface area contributed by atoms with Gasteiger partial charge in [0.2, 0.25) is 11.1 Å². The second-order valence-electron chi connectivity index (χ2n) is 5.59. The lowest BCUT2D eigenvalue weighted by Gasteiger charge is -2.06. The first-order valence-electron chi connectivity index (χ1n) is 8.04. The Balaban J connectivity index is 1.53. The van der Waals surface area contributed by atoms with E-state index in [4.69, 9.17) is 29.0 Å². The van der Waals surface area contributed by atoms with Crippen LogP contribution in [0.5, 0.6) is 0 Å². The van der Waals surface area contributed by atoms with Crippen LogP contribution in [-0.2, 0) is 4.79 Å². The van der Waals surface area contributed by atoms with E-state index in [2.05, 4.69) is 26.0 Å². The number of carbonyl (C=O) groups is 1. The van der Waals surface area contributed by atoms with Gasteiger partial charge in [-0.1, -0.05) is 47.1 Å². The van der Waals surface area contributed by atoms with Gasteiger partial charge in [-0.3, -0.25) is 4.79 Å². The van der Waals surface area contributed by atoms with Gasteiger partial charge in [0.25, 0.3) is 5.95 Å². The van der Waals surface area contributed by atoms with Gasteiger partial charge in [0.1, 0.15) is 5.82 Å². The summed E-state index contributed by atoms with van der Waals surface area (Å²) in [6, 6.07) is 10.5. The number of aromatic nitrogens is 3. The monoisotopic (exact) mass is 453 g/mol. The van der Waals surface area contributed by atoms with Gasteiger partial charge in [-0.25, -0.2) is 14.5 Å². The zero-order valence-corrected chi connectivity index (χ0v) is 17.0. The van der Waals surface area contributed by atoms with Crippen LogP contribution in [0.4, 0.5) is 16.0 Å². The molecule has 1 amide bonds.